The van der Waals surface area contributed by atoms with Crippen molar-refractivity contribution in [2.24, 2.45) is 0 Å². The summed E-state index contributed by atoms with van der Waals surface area (Å²) < 4.78 is 48.9. The van der Waals surface area contributed by atoms with E-state index in [4.69, 9.17) is 14.6 Å². The topological polar surface area (TPSA) is 76.0 Å². The molecule has 0 aromatic heterocycles. The number of carboxylic acid groups (broad SMARTS) is 1. The number of hydrogen-bond donors (Lipinski definition) is 2. The van der Waals surface area contributed by atoms with Crippen LogP contribution in [-0.2, 0) is 17.4 Å². The fourth-order valence-electron chi connectivity index (χ4n) is 2.97. The Hall–Kier alpha value is -3.52. The van der Waals surface area contributed by atoms with Crippen molar-refractivity contribution in [1.29, 1.82) is 0 Å². The standard InChI is InChI=1S/C24H21F3O5/c25-24(26,27)19-5-2-6-22(13-19)32-15-20(28)14-31-21-9-7-17(8-10-21)18-4-1-3-16(11-18)12-23(29)30/h1-11,13,20,28H,12,14-15H2,(H,29,30). The molecule has 0 saturated carbocycles. The van der Waals surface area contributed by atoms with Crippen LogP contribution in [0.25, 0.3) is 11.1 Å². The summed E-state index contributed by atoms with van der Waals surface area (Å²) in [5.74, 6) is -0.400. The molecule has 0 heterocycles. The molecule has 0 saturated heterocycles. The monoisotopic (exact) mass is 446 g/mol. The highest BCUT2D eigenvalue weighted by Crippen LogP contribution is 2.31. The lowest BCUT2D eigenvalue weighted by Gasteiger charge is -2.15. The van der Waals surface area contributed by atoms with Crippen molar-refractivity contribution in [2.45, 2.75) is 18.7 Å². The van der Waals surface area contributed by atoms with Crippen molar-refractivity contribution in [2.75, 3.05) is 13.2 Å². The minimum atomic E-state index is -4.47. The normalized spacial score (nSPS) is 12.2. The zero-order chi connectivity index (χ0) is 23.1. The van der Waals surface area contributed by atoms with E-state index in [1.165, 1.54) is 12.1 Å². The SMILES string of the molecule is O=C(O)Cc1cccc(-c2ccc(OCC(O)COc3cccc(C(F)(F)F)c3)cc2)c1. The zero-order valence-electron chi connectivity index (χ0n) is 16.9. The number of ether oxygens (including phenoxy) is 2. The molecule has 0 aliphatic heterocycles. The van der Waals surface area contributed by atoms with Crippen LogP contribution in [0.15, 0.2) is 72.8 Å². The predicted octanol–water partition coefficient (Wildman–Crippen LogP) is 4.82. The van der Waals surface area contributed by atoms with E-state index >= 15 is 0 Å². The van der Waals surface area contributed by atoms with E-state index in [1.807, 2.05) is 6.07 Å². The molecule has 0 amide bonds. The predicted molar refractivity (Wildman–Crippen MR) is 112 cm³/mol. The number of aliphatic hydroxyl groups is 1. The molecule has 0 aliphatic carbocycles. The second-order valence-corrected chi connectivity index (χ2v) is 7.10. The largest absolute Gasteiger partial charge is 0.491 e. The van der Waals surface area contributed by atoms with Gasteiger partial charge in [-0.1, -0.05) is 42.5 Å². The average molecular weight is 446 g/mol. The summed E-state index contributed by atoms with van der Waals surface area (Å²) in [4.78, 5) is 10.9. The molecule has 0 bridgehead atoms. The Morgan fingerprint density at radius 2 is 1.50 bits per heavy atom. The molecule has 3 aromatic rings. The van der Waals surface area contributed by atoms with Crippen molar-refractivity contribution >= 4 is 5.97 Å². The summed E-state index contributed by atoms with van der Waals surface area (Å²) in [6.45, 7) is -0.331. The van der Waals surface area contributed by atoms with E-state index < -0.39 is 23.8 Å². The lowest BCUT2D eigenvalue weighted by Crippen LogP contribution is -2.25. The van der Waals surface area contributed by atoms with Crippen LogP contribution >= 0.6 is 0 Å². The van der Waals surface area contributed by atoms with Gasteiger partial charge in [0.1, 0.15) is 30.8 Å². The molecule has 8 heteroatoms. The number of aliphatic hydroxyl groups excluding tert-OH is 1. The molecule has 32 heavy (non-hydrogen) atoms. The van der Waals surface area contributed by atoms with Crippen molar-refractivity contribution in [3.8, 4) is 22.6 Å². The number of hydrogen-bond acceptors (Lipinski definition) is 4. The Morgan fingerprint density at radius 1 is 0.844 bits per heavy atom. The fraction of sp³-hybridized carbons (Fsp3) is 0.208. The average Bonchev–Trinajstić information content (AvgIpc) is 2.76. The first kappa shape index (κ1) is 23.1. The molecule has 0 fully saturated rings. The van der Waals surface area contributed by atoms with Gasteiger partial charge in [-0.15, -0.1) is 0 Å². The lowest BCUT2D eigenvalue weighted by molar-refractivity contribution is -0.138. The van der Waals surface area contributed by atoms with Gasteiger partial charge in [-0.3, -0.25) is 4.79 Å². The third-order valence-corrected chi connectivity index (χ3v) is 4.52. The molecule has 0 radical (unpaired) electrons. The Kier molecular flexibility index (Phi) is 7.37. The van der Waals surface area contributed by atoms with E-state index in [0.717, 1.165) is 23.3 Å². The smallest absolute Gasteiger partial charge is 0.416 e. The van der Waals surface area contributed by atoms with Crippen LogP contribution < -0.4 is 9.47 Å². The fourth-order valence-corrected chi connectivity index (χ4v) is 2.97. The minimum absolute atomic E-state index is 0.00774. The van der Waals surface area contributed by atoms with Gasteiger partial charge in [0.05, 0.1) is 12.0 Å². The van der Waals surface area contributed by atoms with Crippen molar-refractivity contribution < 1.29 is 37.7 Å². The molecule has 3 rings (SSSR count). The molecule has 0 aliphatic rings. The summed E-state index contributed by atoms with van der Waals surface area (Å²) in [6.07, 6.45) is -5.57. The summed E-state index contributed by atoms with van der Waals surface area (Å²) in [5, 5.41) is 18.9. The van der Waals surface area contributed by atoms with Gasteiger partial charge in [0.25, 0.3) is 0 Å². The van der Waals surface area contributed by atoms with Crippen molar-refractivity contribution in [1.82, 2.24) is 0 Å². The van der Waals surface area contributed by atoms with Crippen LogP contribution in [0, 0.1) is 0 Å². The van der Waals surface area contributed by atoms with Gasteiger partial charge in [-0.05, 0) is 47.0 Å². The number of alkyl halides is 3. The highest BCUT2D eigenvalue weighted by molar-refractivity contribution is 5.72. The maximum atomic E-state index is 12.7. The Morgan fingerprint density at radius 3 is 2.16 bits per heavy atom. The quantitative estimate of drug-likeness (QED) is 0.493. The molecule has 1 atom stereocenters. The Balaban J connectivity index is 1.51. The minimum Gasteiger partial charge on any atom is -0.491 e. The molecule has 0 spiro atoms. The lowest BCUT2D eigenvalue weighted by atomic mass is 10.0. The first-order chi connectivity index (χ1) is 15.2. The van der Waals surface area contributed by atoms with Gasteiger partial charge >= 0.3 is 12.1 Å². The third-order valence-electron chi connectivity index (χ3n) is 4.52. The van der Waals surface area contributed by atoms with E-state index in [2.05, 4.69) is 0 Å². The number of aliphatic carboxylic acids is 1. The van der Waals surface area contributed by atoms with Crippen LogP contribution in [0.1, 0.15) is 11.1 Å². The van der Waals surface area contributed by atoms with Gasteiger partial charge in [0.15, 0.2) is 0 Å². The summed E-state index contributed by atoms with van der Waals surface area (Å²) in [7, 11) is 0. The van der Waals surface area contributed by atoms with Gasteiger partial charge in [0.2, 0.25) is 0 Å². The molecule has 3 aromatic carbocycles. The first-order valence-corrected chi connectivity index (χ1v) is 9.73. The molecule has 168 valence electrons. The van der Waals surface area contributed by atoms with E-state index in [0.29, 0.717) is 11.3 Å². The first-order valence-electron chi connectivity index (χ1n) is 9.73. The number of halogens is 3. The van der Waals surface area contributed by atoms with Crippen molar-refractivity contribution in [3.63, 3.8) is 0 Å². The number of carbonyl (C=O) groups is 1. The summed E-state index contributed by atoms with van der Waals surface area (Å²) in [5.41, 5.74) is 1.61. The van der Waals surface area contributed by atoms with Crippen LogP contribution in [0.2, 0.25) is 0 Å². The zero-order valence-corrected chi connectivity index (χ0v) is 16.9. The maximum Gasteiger partial charge on any atom is 0.416 e. The maximum absolute atomic E-state index is 12.7. The van der Waals surface area contributed by atoms with E-state index in [1.54, 1.807) is 42.5 Å². The molecule has 5 nitrogen and oxygen atoms in total. The Labute approximate surface area is 182 Å². The molecular formula is C24H21F3O5. The second kappa shape index (κ2) is 10.2. The number of rotatable bonds is 9. The van der Waals surface area contributed by atoms with Crippen LogP contribution in [-0.4, -0.2) is 35.5 Å². The van der Waals surface area contributed by atoms with E-state index in [-0.39, 0.29) is 25.4 Å². The summed E-state index contributed by atoms with van der Waals surface area (Å²) >= 11 is 0. The molecular weight excluding hydrogens is 425 g/mol. The van der Waals surface area contributed by atoms with Crippen LogP contribution in [0.5, 0.6) is 11.5 Å². The number of carboxylic acids is 1. The molecule has 1 unspecified atom stereocenters. The van der Waals surface area contributed by atoms with Crippen molar-refractivity contribution in [3.05, 3.63) is 83.9 Å². The highest BCUT2D eigenvalue weighted by atomic mass is 19.4. The Bertz CT molecular complexity index is 1050. The number of benzene rings is 3. The van der Waals surface area contributed by atoms with Gasteiger partial charge in [-0.2, -0.15) is 13.2 Å². The van der Waals surface area contributed by atoms with Gasteiger partial charge in [0, 0.05) is 0 Å². The second-order valence-electron chi connectivity index (χ2n) is 7.10. The van der Waals surface area contributed by atoms with E-state index in [9.17, 15) is 23.1 Å². The molecule has 2 N–H and O–H groups in total. The van der Waals surface area contributed by atoms with Gasteiger partial charge < -0.3 is 19.7 Å². The van der Waals surface area contributed by atoms with Gasteiger partial charge in [-0.25, -0.2) is 0 Å². The third kappa shape index (κ3) is 6.75. The summed E-state index contributed by atoms with van der Waals surface area (Å²) in [6, 6.07) is 18.7. The van der Waals surface area contributed by atoms with Crippen LogP contribution in [0.4, 0.5) is 13.2 Å². The van der Waals surface area contributed by atoms with Crippen LogP contribution in [0.3, 0.4) is 0 Å². The highest BCUT2D eigenvalue weighted by Gasteiger charge is 2.30.